The van der Waals surface area contributed by atoms with Gasteiger partial charge in [0.25, 0.3) is 5.82 Å². The van der Waals surface area contributed by atoms with Crippen LogP contribution < -0.4 is 4.57 Å². The van der Waals surface area contributed by atoms with Crippen LogP contribution in [0, 0.1) is 13.8 Å². The zero-order chi connectivity index (χ0) is 23.1. The standard InChI is InChI=1S/C31H31N2/c1-20-12-11-13-21(2)28(20)32-26-16-9-10-17-27(26)33-29(32)24-18-22-14-7-8-15-23(22)19-25(24)30(3,4)31(33,5)6/h7-19H,1-6H3/q+1. The summed E-state index contributed by atoms with van der Waals surface area (Å²) in [7, 11) is 0. The maximum atomic E-state index is 2.60. The van der Waals surface area contributed by atoms with Crippen molar-refractivity contribution in [2.45, 2.75) is 52.5 Å². The number of rotatable bonds is 1. The number of imidazole rings is 1. The van der Waals surface area contributed by atoms with Gasteiger partial charge in [-0.2, -0.15) is 4.57 Å². The minimum Gasteiger partial charge on any atom is -0.217 e. The van der Waals surface area contributed by atoms with Crippen LogP contribution in [0.15, 0.2) is 78.9 Å². The molecule has 0 bridgehead atoms. The van der Waals surface area contributed by atoms with Gasteiger partial charge in [-0.3, -0.25) is 0 Å². The predicted molar refractivity (Wildman–Crippen MR) is 138 cm³/mol. The number of nitrogens with zero attached hydrogens (tertiary/aromatic N) is 2. The topological polar surface area (TPSA) is 8.81 Å². The Morgan fingerprint density at radius 3 is 2.00 bits per heavy atom. The zero-order valence-electron chi connectivity index (χ0n) is 20.4. The Bertz CT molecular complexity index is 1560. The summed E-state index contributed by atoms with van der Waals surface area (Å²) in [6.45, 7) is 14.1. The van der Waals surface area contributed by atoms with Crippen molar-refractivity contribution < 1.29 is 4.57 Å². The molecule has 164 valence electrons. The highest BCUT2D eigenvalue weighted by Crippen LogP contribution is 2.49. The lowest BCUT2D eigenvalue weighted by atomic mass is 9.65. The maximum absolute atomic E-state index is 2.60. The molecule has 0 unspecified atom stereocenters. The van der Waals surface area contributed by atoms with Crippen molar-refractivity contribution in [1.29, 1.82) is 0 Å². The van der Waals surface area contributed by atoms with E-state index in [0.717, 1.165) is 0 Å². The van der Waals surface area contributed by atoms with Crippen LogP contribution in [0.2, 0.25) is 0 Å². The number of para-hydroxylation sites is 3. The third-order valence-corrected chi connectivity index (χ3v) is 8.34. The van der Waals surface area contributed by atoms with Crippen molar-refractivity contribution in [3.05, 3.63) is 95.6 Å². The van der Waals surface area contributed by atoms with Crippen LogP contribution in [0.25, 0.3) is 38.9 Å². The quantitative estimate of drug-likeness (QED) is 0.245. The minimum absolute atomic E-state index is 0.0558. The first-order valence-electron chi connectivity index (χ1n) is 11.9. The lowest BCUT2D eigenvalue weighted by Crippen LogP contribution is -2.65. The fourth-order valence-corrected chi connectivity index (χ4v) is 5.91. The van der Waals surface area contributed by atoms with E-state index < -0.39 is 0 Å². The zero-order valence-corrected chi connectivity index (χ0v) is 20.4. The minimum atomic E-state index is -0.126. The summed E-state index contributed by atoms with van der Waals surface area (Å²) in [5.74, 6) is 1.28. The molecular weight excluding hydrogens is 400 g/mol. The van der Waals surface area contributed by atoms with Gasteiger partial charge in [-0.1, -0.05) is 68.4 Å². The second-order valence-electron chi connectivity index (χ2n) is 10.7. The van der Waals surface area contributed by atoms with E-state index in [2.05, 4.69) is 130 Å². The summed E-state index contributed by atoms with van der Waals surface area (Å²) in [6.07, 6.45) is 0. The molecule has 0 saturated carbocycles. The number of hydrogen-bond donors (Lipinski definition) is 0. The number of hydrogen-bond acceptors (Lipinski definition) is 0. The van der Waals surface area contributed by atoms with E-state index in [1.165, 1.54) is 55.6 Å². The molecular formula is C31H31N2+. The first-order chi connectivity index (χ1) is 15.7. The fourth-order valence-electron chi connectivity index (χ4n) is 5.91. The molecule has 5 aromatic rings. The van der Waals surface area contributed by atoms with Crippen molar-refractivity contribution in [2.75, 3.05) is 0 Å². The number of fused-ring (bicyclic) bond motifs is 6. The van der Waals surface area contributed by atoms with Crippen molar-refractivity contribution >= 4 is 21.8 Å². The highest BCUT2D eigenvalue weighted by Gasteiger charge is 2.53. The molecule has 4 aromatic carbocycles. The normalized spacial score (nSPS) is 16.1. The smallest absolute Gasteiger partial charge is 0.217 e. The summed E-state index contributed by atoms with van der Waals surface area (Å²) in [4.78, 5) is 0. The van der Waals surface area contributed by atoms with Gasteiger partial charge >= 0.3 is 0 Å². The van der Waals surface area contributed by atoms with E-state index in [1.807, 2.05) is 0 Å². The third kappa shape index (κ3) is 2.52. The summed E-state index contributed by atoms with van der Waals surface area (Å²) in [6, 6.07) is 29.1. The fraction of sp³-hybridized carbons (Fsp3) is 0.258. The van der Waals surface area contributed by atoms with Gasteiger partial charge in [-0.15, -0.1) is 0 Å². The lowest BCUT2D eigenvalue weighted by molar-refractivity contribution is -0.737. The summed E-state index contributed by atoms with van der Waals surface area (Å²) < 4.78 is 5.12. The lowest BCUT2D eigenvalue weighted by Gasteiger charge is -2.44. The molecule has 0 N–H and O–H groups in total. The first-order valence-corrected chi connectivity index (χ1v) is 11.9. The van der Waals surface area contributed by atoms with Crippen LogP contribution in [0.5, 0.6) is 0 Å². The average molecular weight is 432 g/mol. The van der Waals surface area contributed by atoms with Crippen LogP contribution in [0.1, 0.15) is 44.4 Å². The van der Waals surface area contributed by atoms with Crippen molar-refractivity contribution in [3.8, 4) is 17.1 Å². The molecule has 1 aromatic heterocycles. The predicted octanol–water partition coefficient (Wildman–Crippen LogP) is 7.38. The van der Waals surface area contributed by atoms with Crippen LogP contribution >= 0.6 is 0 Å². The van der Waals surface area contributed by atoms with Gasteiger partial charge in [0.05, 0.1) is 5.56 Å². The Balaban J connectivity index is 1.88. The summed E-state index contributed by atoms with van der Waals surface area (Å²) in [5, 5.41) is 2.60. The van der Waals surface area contributed by atoms with Gasteiger partial charge in [0.1, 0.15) is 11.2 Å². The van der Waals surface area contributed by atoms with Gasteiger partial charge in [0, 0.05) is 5.41 Å². The number of aromatic nitrogens is 2. The van der Waals surface area contributed by atoms with Crippen LogP contribution in [0.4, 0.5) is 0 Å². The Hall–Kier alpha value is -3.39. The largest absolute Gasteiger partial charge is 0.295 e. The monoisotopic (exact) mass is 431 g/mol. The highest BCUT2D eigenvalue weighted by molar-refractivity contribution is 5.91. The molecule has 0 aliphatic carbocycles. The molecule has 33 heavy (non-hydrogen) atoms. The Kier molecular flexibility index (Phi) is 4.03. The van der Waals surface area contributed by atoms with Crippen LogP contribution in [-0.4, -0.2) is 4.57 Å². The molecule has 0 saturated heterocycles. The number of benzene rings is 4. The molecule has 0 atom stereocenters. The molecule has 0 spiro atoms. The van der Waals surface area contributed by atoms with Gasteiger partial charge in [-0.05, 0) is 79.4 Å². The summed E-state index contributed by atoms with van der Waals surface area (Å²) in [5.41, 5.74) is 8.99. The van der Waals surface area contributed by atoms with E-state index in [1.54, 1.807) is 0 Å². The SMILES string of the molecule is Cc1cccc(C)c1-n1c2[n+](c3ccccc31)C(C)(C)C(C)(C)c1cc3ccccc3cc1-2. The van der Waals surface area contributed by atoms with E-state index in [0.29, 0.717) is 0 Å². The van der Waals surface area contributed by atoms with Gasteiger partial charge < -0.3 is 0 Å². The molecule has 0 amide bonds. The van der Waals surface area contributed by atoms with Gasteiger partial charge in [0.15, 0.2) is 11.0 Å². The number of aryl methyl sites for hydroxylation is 2. The van der Waals surface area contributed by atoms with Gasteiger partial charge in [0.2, 0.25) is 0 Å². The Morgan fingerprint density at radius 2 is 1.30 bits per heavy atom. The van der Waals surface area contributed by atoms with E-state index in [4.69, 9.17) is 0 Å². The van der Waals surface area contributed by atoms with E-state index >= 15 is 0 Å². The average Bonchev–Trinajstić information content (AvgIpc) is 3.13. The van der Waals surface area contributed by atoms with E-state index in [-0.39, 0.29) is 11.0 Å². The molecule has 2 heteroatoms. The van der Waals surface area contributed by atoms with Gasteiger partial charge in [-0.25, -0.2) is 4.57 Å². The molecule has 2 heterocycles. The van der Waals surface area contributed by atoms with Crippen molar-refractivity contribution in [2.24, 2.45) is 0 Å². The highest BCUT2D eigenvalue weighted by atomic mass is 15.2. The first kappa shape index (κ1) is 20.2. The van der Waals surface area contributed by atoms with Crippen molar-refractivity contribution in [1.82, 2.24) is 4.57 Å². The second-order valence-corrected chi connectivity index (χ2v) is 10.7. The second kappa shape index (κ2) is 6.57. The Labute approximate surface area is 196 Å². The molecule has 0 fully saturated rings. The van der Waals surface area contributed by atoms with Crippen molar-refractivity contribution in [3.63, 3.8) is 0 Å². The van der Waals surface area contributed by atoms with Crippen LogP contribution in [-0.2, 0) is 11.0 Å². The Morgan fingerprint density at radius 1 is 0.697 bits per heavy atom. The molecule has 0 radical (unpaired) electrons. The van der Waals surface area contributed by atoms with Crippen LogP contribution in [0.3, 0.4) is 0 Å². The summed E-state index contributed by atoms with van der Waals surface area (Å²) >= 11 is 0. The molecule has 1 aliphatic heterocycles. The maximum Gasteiger partial charge on any atom is 0.295 e. The third-order valence-electron chi connectivity index (χ3n) is 8.34. The molecule has 2 nitrogen and oxygen atoms in total. The van der Waals surface area contributed by atoms with E-state index in [9.17, 15) is 0 Å². The molecule has 6 rings (SSSR count). The molecule has 1 aliphatic rings.